The second kappa shape index (κ2) is 12.2. The van der Waals surface area contributed by atoms with Gasteiger partial charge in [0.05, 0.1) is 18.0 Å². The van der Waals surface area contributed by atoms with Crippen molar-refractivity contribution in [2.24, 2.45) is 0 Å². The maximum absolute atomic E-state index is 13.2. The molecular weight excluding hydrogens is 485 g/mol. The summed E-state index contributed by atoms with van der Waals surface area (Å²) < 4.78 is 10.4. The molecule has 1 N–H and O–H groups in total. The molecule has 2 heterocycles. The summed E-state index contributed by atoms with van der Waals surface area (Å²) >= 11 is 12.3. The zero-order chi connectivity index (χ0) is 24.7. The van der Waals surface area contributed by atoms with Crippen molar-refractivity contribution in [2.75, 3.05) is 26.2 Å². The van der Waals surface area contributed by atoms with Gasteiger partial charge in [0.2, 0.25) is 0 Å². The molecule has 0 saturated carbocycles. The number of fused-ring (bicyclic) bond motifs is 1. The summed E-state index contributed by atoms with van der Waals surface area (Å²) in [7, 11) is 0. The van der Waals surface area contributed by atoms with Crippen molar-refractivity contribution in [3.8, 4) is 17.1 Å². The minimum Gasteiger partial charge on any atom is -0.492 e. The van der Waals surface area contributed by atoms with Crippen LogP contribution in [0.4, 0.5) is 0 Å². The molecule has 180 valence electrons. The van der Waals surface area contributed by atoms with Gasteiger partial charge in [0.25, 0.3) is 5.56 Å². The minimum atomic E-state index is -0.191. The molecule has 0 aliphatic rings. The smallest absolute Gasteiger partial charge is 0.278 e. The first-order valence-corrected chi connectivity index (χ1v) is 13.0. The second-order valence-electron chi connectivity index (χ2n) is 7.31. The predicted octanol–water partition coefficient (Wildman–Crippen LogP) is 6.38. The summed E-state index contributed by atoms with van der Waals surface area (Å²) in [6, 6.07) is 16.9. The molecule has 4 rings (SSSR count). The number of para-hydroxylation sites is 3. The third-order valence-corrected chi connectivity index (χ3v) is 7.04. The molecule has 0 aliphatic heterocycles. The number of aromatic nitrogens is 3. The zero-order valence-electron chi connectivity index (χ0n) is 19.9. The van der Waals surface area contributed by atoms with Crippen LogP contribution >= 0.6 is 35.8 Å². The first kappa shape index (κ1) is 26.0. The Morgan fingerprint density at radius 3 is 2.12 bits per heavy atom. The van der Waals surface area contributed by atoms with Crippen LogP contribution in [-0.4, -0.2) is 45.3 Å². The molecule has 9 heteroatoms. The van der Waals surface area contributed by atoms with Gasteiger partial charge in [0.15, 0.2) is 8.73 Å². The normalized spacial score (nSPS) is 10.9. The van der Waals surface area contributed by atoms with Crippen molar-refractivity contribution in [1.82, 2.24) is 19.0 Å². The molecule has 0 spiro atoms. The fourth-order valence-electron chi connectivity index (χ4n) is 3.60. The lowest BCUT2D eigenvalue weighted by Crippen LogP contribution is -2.21. The number of aromatic amines is 1. The van der Waals surface area contributed by atoms with Gasteiger partial charge in [-0.3, -0.25) is 13.9 Å². The van der Waals surface area contributed by atoms with Gasteiger partial charge in [-0.1, -0.05) is 62.4 Å². The number of nitrogens with zero attached hydrogens (tertiary/aromatic N) is 3. The van der Waals surface area contributed by atoms with Crippen molar-refractivity contribution in [2.45, 2.75) is 27.7 Å². The van der Waals surface area contributed by atoms with E-state index in [1.165, 1.54) is 35.5 Å². The highest BCUT2D eigenvalue weighted by Crippen LogP contribution is 2.29. The molecule has 2 aromatic carbocycles. The van der Waals surface area contributed by atoms with Gasteiger partial charge < -0.3 is 14.6 Å². The average Bonchev–Trinajstić information content (AvgIpc) is 3.18. The number of hydrogen-bond acceptors (Lipinski definition) is 6. The maximum atomic E-state index is 13.2. The third-order valence-electron chi connectivity index (χ3n) is 5.40. The predicted molar refractivity (Wildman–Crippen MR) is 147 cm³/mol. The molecule has 0 bridgehead atoms. The van der Waals surface area contributed by atoms with E-state index in [9.17, 15) is 4.79 Å². The Kier molecular flexibility index (Phi) is 9.35. The number of benzene rings is 2. The zero-order valence-corrected chi connectivity index (χ0v) is 22.4. The summed E-state index contributed by atoms with van der Waals surface area (Å²) in [5.74, 6) is 0.697. The molecule has 34 heavy (non-hydrogen) atoms. The molecule has 0 fully saturated rings. The van der Waals surface area contributed by atoms with E-state index in [0.717, 1.165) is 5.69 Å². The molecule has 0 amide bonds. The van der Waals surface area contributed by atoms with E-state index in [1.807, 2.05) is 66.1 Å². The Labute approximate surface area is 214 Å². The van der Waals surface area contributed by atoms with Crippen LogP contribution in [0.2, 0.25) is 0 Å². The summed E-state index contributed by atoms with van der Waals surface area (Å²) in [6.07, 6.45) is 0. The van der Waals surface area contributed by atoms with Crippen LogP contribution in [0.1, 0.15) is 27.7 Å². The lowest BCUT2D eigenvalue weighted by molar-refractivity contribution is 0.321. The largest absolute Gasteiger partial charge is 0.492 e. The van der Waals surface area contributed by atoms with Gasteiger partial charge in [-0.25, -0.2) is 0 Å². The number of rotatable bonds is 7. The summed E-state index contributed by atoms with van der Waals surface area (Å²) in [6.45, 7) is 12.6. The third kappa shape index (κ3) is 5.55. The van der Waals surface area contributed by atoms with E-state index in [0.29, 0.717) is 37.1 Å². The number of thiazole rings is 1. The molecule has 0 aliphatic carbocycles. The van der Waals surface area contributed by atoms with Crippen LogP contribution in [0, 0.1) is 8.73 Å². The van der Waals surface area contributed by atoms with Crippen molar-refractivity contribution in [3.63, 3.8) is 0 Å². The Morgan fingerprint density at radius 1 is 0.912 bits per heavy atom. The minimum absolute atomic E-state index is 0.191. The Balaban J connectivity index is 0.000000406. The molecule has 0 saturated heterocycles. The summed E-state index contributed by atoms with van der Waals surface area (Å²) in [4.78, 5) is 18.7. The van der Waals surface area contributed by atoms with Crippen molar-refractivity contribution < 1.29 is 4.74 Å². The molecule has 2 aromatic heterocycles. The van der Waals surface area contributed by atoms with Gasteiger partial charge in [0.1, 0.15) is 16.1 Å². The molecule has 6 nitrogen and oxygen atoms in total. The standard InChI is InChI=1S/C19H15N3O2S3.C6H15N/c1-2-24-14-11-7-6-10-13(14)22-16-15(27-19(22)26)17(23)21(18(25)20-16)12-8-4-3-5-9-12;1-4-7(5-2)6-3/h3-11H,2H2,1H3,(H,20,25);4-6H2,1-3H3. The quantitative estimate of drug-likeness (QED) is 0.290. The Morgan fingerprint density at radius 2 is 1.53 bits per heavy atom. The van der Waals surface area contributed by atoms with E-state index in [-0.39, 0.29) is 5.56 Å². The monoisotopic (exact) mass is 514 g/mol. The van der Waals surface area contributed by atoms with E-state index >= 15 is 0 Å². The van der Waals surface area contributed by atoms with Crippen molar-refractivity contribution >= 4 is 46.1 Å². The van der Waals surface area contributed by atoms with Crippen LogP contribution in [0.5, 0.6) is 5.75 Å². The Bertz CT molecular complexity index is 1390. The fourth-order valence-corrected chi connectivity index (χ4v) is 5.20. The Hall–Kier alpha value is -2.59. The average molecular weight is 515 g/mol. The van der Waals surface area contributed by atoms with Gasteiger partial charge >= 0.3 is 0 Å². The van der Waals surface area contributed by atoms with E-state index in [1.54, 1.807) is 0 Å². The van der Waals surface area contributed by atoms with Crippen molar-refractivity contribution in [1.29, 1.82) is 0 Å². The lowest BCUT2D eigenvalue weighted by atomic mass is 10.3. The first-order chi connectivity index (χ1) is 16.5. The summed E-state index contributed by atoms with van der Waals surface area (Å²) in [5.41, 5.74) is 1.88. The van der Waals surface area contributed by atoms with Crippen LogP contribution < -0.4 is 10.3 Å². The summed E-state index contributed by atoms with van der Waals surface area (Å²) in [5, 5.41) is 0. The van der Waals surface area contributed by atoms with Crippen LogP contribution in [0.25, 0.3) is 21.7 Å². The highest BCUT2D eigenvalue weighted by atomic mass is 32.1. The lowest BCUT2D eigenvalue weighted by Gasteiger charge is -2.13. The highest BCUT2D eigenvalue weighted by molar-refractivity contribution is 7.73. The topological polar surface area (TPSA) is 55.2 Å². The first-order valence-electron chi connectivity index (χ1n) is 11.4. The number of nitrogens with one attached hydrogen (secondary N) is 1. The number of hydrogen-bond donors (Lipinski definition) is 1. The van der Waals surface area contributed by atoms with Crippen molar-refractivity contribution in [3.05, 3.63) is 73.7 Å². The van der Waals surface area contributed by atoms with E-state index < -0.39 is 0 Å². The molecular formula is C25H30N4O2S3. The molecule has 0 atom stereocenters. The van der Waals surface area contributed by atoms with E-state index in [2.05, 4.69) is 30.7 Å². The SMILES string of the molecule is CCN(CC)CC.CCOc1ccccc1-n1c(=S)sc2c(=O)n(-c3ccccc3)c(=S)[nH]c21. The van der Waals surface area contributed by atoms with Gasteiger partial charge in [0, 0.05) is 0 Å². The number of ether oxygens (including phenoxy) is 1. The molecule has 0 unspecified atom stereocenters. The highest BCUT2D eigenvalue weighted by Gasteiger charge is 2.17. The van der Waals surface area contributed by atoms with Gasteiger partial charge in [-0.05, 0) is 75.3 Å². The van der Waals surface area contributed by atoms with E-state index in [4.69, 9.17) is 29.2 Å². The fraction of sp³-hybridized carbons (Fsp3) is 0.320. The second-order valence-corrected chi connectivity index (χ2v) is 9.34. The molecule has 0 radical (unpaired) electrons. The van der Waals surface area contributed by atoms with Crippen LogP contribution in [0.15, 0.2) is 59.4 Å². The van der Waals surface area contributed by atoms with Crippen LogP contribution in [0.3, 0.4) is 0 Å². The van der Waals surface area contributed by atoms with Gasteiger partial charge in [-0.15, -0.1) is 0 Å². The number of H-pyrrole nitrogens is 1. The van der Waals surface area contributed by atoms with Gasteiger partial charge in [-0.2, -0.15) is 0 Å². The maximum Gasteiger partial charge on any atom is 0.278 e. The molecule has 4 aromatic rings. The van der Waals surface area contributed by atoms with Crippen LogP contribution in [-0.2, 0) is 0 Å².